The second-order valence-electron chi connectivity index (χ2n) is 18.4. The van der Waals surface area contributed by atoms with Gasteiger partial charge in [-0.25, -0.2) is 4.79 Å². The predicted octanol–water partition coefficient (Wildman–Crippen LogP) is 14.3. The SMILES string of the molecule is CCCCCC/C=C/CCCCCCCCCC(=O)OCC(COCCC(C(=O)O)[N+](C)(C)C)OC(=O)CCCCCCCCCCCCCCCCCCCCCC. The van der Waals surface area contributed by atoms with Gasteiger partial charge in [0.05, 0.1) is 34.4 Å². The molecule has 0 spiro atoms. The molecule has 0 fully saturated rings. The average Bonchev–Trinajstić information content (AvgIpc) is 3.19. The normalized spacial score (nSPS) is 12.9. The Morgan fingerprint density at radius 3 is 1.24 bits per heavy atom. The van der Waals surface area contributed by atoms with Crippen LogP contribution in [0, 0.1) is 0 Å². The first kappa shape index (κ1) is 57.1. The number of carbonyl (C=O) groups is 3. The van der Waals surface area contributed by atoms with Crippen LogP contribution in [0.1, 0.15) is 245 Å². The minimum Gasteiger partial charge on any atom is -0.477 e. The summed E-state index contributed by atoms with van der Waals surface area (Å²) in [6.45, 7) is 4.76. The lowest BCUT2D eigenvalue weighted by Crippen LogP contribution is -2.50. The van der Waals surface area contributed by atoms with Gasteiger partial charge >= 0.3 is 17.9 Å². The topological polar surface area (TPSA) is 99.1 Å². The van der Waals surface area contributed by atoms with E-state index in [1.54, 1.807) is 0 Å². The Hall–Kier alpha value is -1.93. The third-order valence-corrected chi connectivity index (χ3v) is 11.7. The highest BCUT2D eigenvalue weighted by atomic mass is 16.6. The molecule has 0 aromatic carbocycles. The molecule has 0 aromatic heterocycles. The molecule has 348 valence electrons. The van der Waals surface area contributed by atoms with Crippen LogP contribution in [0.2, 0.25) is 0 Å². The van der Waals surface area contributed by atoms with E-state index in [0.29, 0.717) is 19.3 Å². The van der Waals surface area contributed by atoms with Crippen LogP contribution in [0.25, 0.3) is 0 Å². The number of rotatable bonds is 46. The molecular formula is C51H98NO7+. The predicted molar refractivity (Wildman–Crippen MR) is 248 cm³/mol. The summed E-state index contributed by atoms with van der Waals surface area (Å²) in [6, 6.07) is -0.611. The van der Waals surface area contributed by atoms with E-state index in [2.05, 4.69) is 26.0 Å². The molecule has 0 amide bonds. The van der Waals surface area contributed by atoms with Crippen LogP contribution in [0.5, 0.6) is 0 Å². The summed E-state index contributed by atoms with van der Waals surface area (Å²) in [5.74, 6) is -1.45. The molecule has 0 rings (SSSR count). The number of likely N-dealkylation sites (N-methyl/N-ethyl adjacent to an activating group) is 1. The van der Waals surface area contributed by atoms with E-state index in [1.807, 2.05) is 21.1 Å². The van der Waals surface area contributed by atoms with Crippen molar-refractivity contribution in [1.29, 1.82) is 0 Å². The highest BCUT2D eigenvalue weighted by Crippen LogP contribution is 2.17. The number of aliphatic carboxylic acids is 1. The molecular weight excluding hydrogens is 739 g/mol. The van der Waals surface area contributed by atoms with Gasteiger partial charge in [0.2, 0.25) is 0 Å². The quantitative estimate of drug-likeness (QED) is 0.0282. The number of quaternary nitrogens is 1. The van der Waals surface area contributed by atoms with Gasteiger partial charge in [0.25, 0.3) is 0 Å². The van der Waals surface area contributed by atoms with Gasteiger partial charge in [0.1, 0.15) is 6.61 Å². The Morgan fingerprint density at radius 1 is 0.492 bits per heavy atom. The van der Waals surface area contributed by atoms with E-state index in [4.69, 9.17) is 14.2 Å². The average molecular weight is 837 g/mol. The molecule has 0 heterocycles. The number of unbranched alkanes of at least 4 members (excludes halogenated alkanes) is 30. The van der Waals surface area contributed by atoms with Crippen molar-refractivity contribution in [1.82, 2.24) is 0 Å². The Kier molecular flexibility index (Phi) is 41.3. The molecule has 2 atom stereocenters. The molecule has 0 aliphatic heterocycles. The maximum absolute atomic E-state index is 12.8. The van der Waals surface area contributed by atoms with E-state index in [-0.39, 0.29) is 36.2 Å². The van der Waals surface area contributed by atoms with Crippen LogP contribution in [0.4, 0.5) is 0 Å². The number of hydrogen-bond acceptors (Lipinski definition) is 6. The first-order valence-electron chi connectivity index (χ1n) is 25.2. The molecule has 8 nitrogen and oxygen atoms in total. The molecule has 0 aliphatic carbocycles. The molecule has 8 heteroatoms. The lowest BCUT2D eigenvalue weighted by molar-refractivity contribution is -0.887. The highest BCUT2D eigenvalue weighted by Gasteiger charge is 2.31. The van der Waals surface area contributed by atoms with E-state index >= 15 is 0 Å². The first-order valence-corrected chi connectivity index (χ1v) is 25.2. The minimum absolute atomic E-state index is 0.0469. The first-order chi connectivity index (χ1) is 28.6. The zero-order valence-electron chi connectivity index (χ0n) is 39.7. The molecule has 2 unspecified atom stereocenters. The molecule has 0 saturated carbocycles. The molecule has 0 aromatic rings. The summed E-state index contributed by atoms with van der Waals surface area (Å²) in [6.07, 6.45) is 46.8. The zero-order valence-corrected chi connectivity index (χ0v) is 39.7. The highest BCUT2D eigenvalue weighted by molar-refractivity contribution is 5.72. The summed E-state index contributed by atoms with van der Waals surface area (Å²) in [7, 11) is 5.54. The van der Waals surface area contributed by atoms with Crippen LogP contribution >= 0.6 is 0 Å². The van der Waals surface area contributed by atoms with Gasteiger partial charge in [-0.2, -0.15) is 0 Å². The maximum atomic E-state index is 12.8. The van der Waals surface area contributed by atoms with Crippen LogP contribution in [0.15, 0.2) is 12.2 Å². The summed E-state index contributed by atoms with van der Waals surface area (Å²) >= 11 is 0. The number of ether oxygens (including phenoxy) is 3. The standard InChI is InChI=1S/C51H97NO7/c1-6-8-10-12-14-16-18-20-22-23-24-25-26-28-30-32-34-36-38-40-42-50(54)59-47(45-57-44-43-48(51(55)56)52(3,4)5)46-58-49(53)41-39-37-35-33-31-29-27-21-19-17-15-13-11-9-7-2/h17,19,47-48H,6-16,18,20-46H2,1-5H3/p+1/b19-17+. The van der Waals surface area contributed by atoms with Crippen molar-refractivity contribution in [2.24, 2.45) is 0 Å². The molecule has 0 aliphatic rings. The second kappa shape index (κ2) is 42.7. The largest absolute Gasteiger partial charge is 0.477 e. The summed E-state index contributed by atoms with van der Waals surface area (Å²) in [5, 5.41) is 9.64. The lowest BCUT2D eigenvalue weighted by Gasteiger charge is -2.31. The molecule has 59 heavy (non-hydrogen) atoms. The minimum atomic E-state index is -0.871. The number of carbonyl (C=O) groups excluding carboxylic acids is 2. The summed E-state index contributed by atoms with van der Waals surface area (Å²) in [4.78, 5) is 37.1. The van der Waals surface area contributed by atoms with Crippen LogP contribution < -0.4 is 0 Å². The molecule has 1 N–H and O–H groups in total. The van der Waals surface area contributed by atoms with Crippen molar-refractivity contribution in [3.8, 4) is 0 Å². The van der Waals surface area contributed by atoms with Crippen molar-refractivity contribution < 1.29 is 38.2 Å². The third-order valence-electron chi connectivity index (χ3n) is 11.7. The van der Waals surface area contributed by atoms with Gasteiger partial charge in [-0.3, -0.25) is 9.59 Å². The van der Waals surface area contributed by atoms with Gasteiger partial charge in [-0.05, 0) is 38.5 Å². The van der Waals surface area contributed by atoms with Crippen LogP contribution in [-0.4, -0.2) is 80.6 Å². The van der Waals surface area contributed by atoms with Gasteiger partial charge in [0.15, 0.2) is 12.1 Å². The van der Waals surface area contributed by atoms with Crippen molar-refractivity contribution >= 4 is 17.9 Å². The van der Waals surface area contributed by atoms with Crippen molar-refractivity contribution in [3.63, 3.8) is 0 Å². The monoisotopic (exact) mass is 837 g/mol. The summed E-state index contributed by atoms with van der Waals surface area (Å²) < 4.78 is 17.4. The Balaban J connectivity index is 4.21. The number of carboxylic acid groups (broad SMARTS) is 1. The van der Waals surface area contributed by atoms with Crippen LogP contribution in [0.3, 0.4) is 0 Å². The van der Waals surface area contributed by atoms with Crippen LogP contribution in [-0.2, 0) is 28.6 Å². The smallest absolute Gasteiger partial charge is 0.362 e. The third kappa shape index (κ3) is 41.2. The number of esters is 2. The number of carboxylic acids is 1. The zero-order chi connectivity index (χ0) is 43.5. The fourth-order valence-electron chi connectivity index (χ4n) is 7.74. The number of hydrogen-bond donors (Lipinski definition) is 1. The van der Waals surface area contributed by atoms with Crippen molar-refractivity contribution in [3.05, 3.63) is 12.2 Å². The Labute approximate surface area is 365 Å². The Bertz CT molecular complexity index is 978. The van der Waals surface area contributed by atoms with Gasteiger partial charge in [-0.15, -0.1) is 0 Å². The van der Waals surface area contributed by atoms with Gasteiger partial charge in [0, 0.05) is 19.3 Å². The molecule has 0 radical (unpaired) electrons. The lowest BCUT2D eigenvalue weighted by atomic mass is 10.0. The fourth-order valence-corrected chi connectivity index (χ4v) is 7.74. The van der Waals surface area contributed by atoms with E-state index in [9.17, 15) is 19.5 Å². The second-order valence-corrected chi connectivity index (χ2v) is 18.4. The maximum Gasteiger partial charge on any atom is 0.362 e. The number of nitrogens with zero attached hydrogens (tertiary/aromatic N) is 1. The number of allylic oxidation sites excluding steroid dienone is 2. The Morgan fingerprint density at radius 2 is 0.847 bits per heavy atom. The van der Waals surface area contributed by atoms with E-state index in [0.717, 1.165) is 38.5 Å². The summed E-state index contributed by atoms with van der Waals surface area (Å²) in [5.41, 5.74) is 0. The molecule has 0 saturated heterocycles. The van der Waals surface area contributed by atoms with Gasteiger partial charge < -0.3 is 23.8 Å². The van der Waals surface area contributed by atoms with E-state index in [1.165, 1.54) is 173 Å². The molecule has 0 bridgehead atoms. The van der Waals surface area contributed by atoms with Gasteiger partial charge in [-0.1, -0.05) is 199 Å². The van der Waals surface area contributed by atoms with Crippen molar-refractivity contribution in [2.45, 2.75) is 257 Å². The van der Waals surface area contributed by atoms with E-state index < -0.39 is 18.1 Å². The fraction of sp³-hybridized carbons (Fsp3) is 0.902. The van der Waals surface area contributed by atoms with Crippen molar-refractivity contribution in [2.75, 3.05) is 41.0 Å².